The quantitative estimate of drug-likeness (QED) is 0.609. The van der Waals surface area contributed by atoms with E-state index in [9.17, 15) is 18.3 Å². The number of benzene rings is 2. The van der Waals surface area contributed by atoms with Gasteiger partial charge in [0.1, 0.15) is 0 Å². The maximum absolute atomic E-state index is 13.7. The molecule has 1 unspecified atom stereocenters. The van der Waals surface area contributed by atoms with Gasteiger partial charge in [-0.2, -0.15) is 13.2 Å². The fourth-order valence-electron chi connectivity index (χ4n) is 3.28. The molecule has 0 heterocycles. The van der Waals surface area contributed by atoms with Crippen LogP contribution in [-0.4, -0.2) is 11.3 Å². The zero-order chi connectivity index (χ0) is 17.4. The minimum atomic E-state index is -4.78. The Morgan fingerprint density at radius 2 is 1.79 bits per heavy atom. The number of alkyl halides is 3. The van der Waals surface area contributed by atoms with E-state index in [0.717, 1.165) is 18.4 Å². The monoisotopic (exact) mass is 330 g/mol. The summed E-state index contributed by atoms with van der Waals surface area (Å²) in [7, 11) is 0. The van der Waals surface area contributed by atoms with Crippen LogP contribution in [0, 0.1) is 0 Å². The molecule has 24 heavy (non-hydrogen) atoms. The van der Waals surface area contributed by atoms with Crippen molar-refractivity contribution in [3.05, 3.63) is 77.5 Å². The number of hydrogen-bond acceptors (Lipinski definition) is 1. The van der Waals surface area contributed by atoms with Crippen LogP contribution in [0.5, 0.6) is 0 Å². The summed E-state index contributed by atoms with van der Waals surface area (Å²) in [6.07, 6.45) is -0.785. The number of aryl methyl sites for hydroxylation is 1. The van der Waals surface area contributed by atoms with Crippen LogP contribution in [-0.2, 0) is 12.0 Å². The van der Waals surface area contributed by atoms with Gasteiger partial charge in [0.25, 0.3) is 0 Å². The summed E-state index contributed by atoms with van der Waals surface area (Å²) in [6.45, 7) is 3.48. The number of allylic oxidation sites excluding steroid dienone is 1. The zero-order valence-electron chi connectivity index (χ0n) is 13.0. The lowest BCUT2D eigenvalue weighted by molar-refractivity contribution is -0.246. The van der Waals surface area contributed by atoms with E-state index < -0.39 is 11.8 Å². The zero-order valence-corrected chi connectivity index (χ0v) is 13.0. The molecule has 0 amide bonds. The minimum Gasteiger partial charge on any atom is -0.372 e. The SMILES string of the molecule is C=C=CCCCc1ccc2c(c1)C(O)(C(F)(F)F)c1ccccc1-2. The Morgan fingerprint density at radius 1 is 1.08 bits per heavy atom. The number of rotatable bonds is 4. The highest BCUT2D eigenvalue weighted by atomic mass is 19.4. The lowest BCUT2D eigenvalue weighted by Gasteiger charge is -2.28. The van der Waals surface area contributed by atoms with E-state index in [1.54, 1.807) is 24.3 Å². The maximum atomic E-state index is 13.7. The van der Waals surface area contributed by atoms with E-state index in [1.807, 2.05) is 6.07 Å². The van der Waals surface area contributed by atoms with Gasteiger partial charge in [-0.15, -0.1) is 5.73 Å². The summed E-state index contributed by atoms with van der Waals surface area (Å²) in [4.78, 5) is 0. The molecule has 4 heteroatoms. The third-order valence-corrected chi connectivity index (χ3v) is 4.45. The van der Waals surface area contributed by atoms with Crippen LogP contribution in [0.1, 0.15) is 29.5 Å². The van der Waals surface area contributed by atoms with Crippen LogP contribution in [0.15, 0.2) is 60.9 Å². The summed E-state index contributed by atoms with van der Waals surface area (Å²) in [6, 6.07) is 11.2. The van der Waals surface area contributed by atoms with Crippen molar-refractivity contribution in [3.63, 3.8) is 0 Å². The van der Waals surface area contributed by atoms with Crippen LogP contribution in [0.3, 0.4) is 0 Å². The number of halogens is 3. The Bertz CT molecular complexity index is 816. The van der Waals surface area contributed by atoms with Crippen molar-refractivity contribution < 1.29 is 18.3 Å². The molecule has 2 aromatic rings. The minimum absolute atomic E-state index is 0.0760. The van der Waals surface area contributed by atoms with Crippen molar-refractivity contribution in [1.82, 2.24) is 0 Å². The lowest BCUT2D eigenvalue weighted by atomic mass is 9.89. The molecule has 0 spiro atoms. The Hall–Kier alpha value is -2.29. The molecule has 0 radical (unpaired) electrons. The average Bonchev–Trinajstić information content (AvgIpc) is 2.82. The van der Waals surface area contributed by atoms with Crippen LogP contribution < -0.4 is 0 Å². The summed E-state index contributed by atoms with van der Waals surface area (Å²) in [5.74, 6) is 0. The molecule has 0 fully saturated rings. The molecule has 1 aliphatic rings. The third kappa shape index (κ3) is 2.48. The van der Waals surface area contributed by atoms with Gasteiger partial charge in [-0.1, -0.05) is 49.0 Å². The Morgan fingerprint density at radius 3 is 2.50 bits per heavy atom. The van der Waals surface area contributed by atoms with E-state index >= 15 is 0 Å². The molecule has 1 N–H and O–H groups in total. The second kappa shape index (κ2) is 5.97. The van der Waals surface area contributed by atoms with Gasteiger partial charge >= 0.3 is 6.18 Å². The molecule has 0 saturated heterocycles. The fourth-order valence-corrected chi connectivity index (χ4v) is 3.28. The van der Waals surface area contributed by atoms with Gasteiger partial charge in [0, 0.05) is 11.1 Å². The van der Waals surface area contributed by atoms with Gasteiger partial charge in [-0.05, 0) is 42.0 Å². The predicted molar refractivity (Wildman–Crippen MR) is 87.6 cm³/mol. The molecular weight excluding hydrogens is 313 g/mol. The van der Waals surface area contributed by atoms with Crippen LogP contribution in [0.2, 0.25) is 0 Å². The van der Waals surface area contributed by atoms with Gasteiger partial charge in [-0.25, -0.2) is 0 Å². The van der Waals surface area contributed by atoms with Gasteiger partial charge < -0.3 is 5.11 Å². The molecule has 2 aromatic carbocycles. The standard InChI is InChI=1S/C20H17F3O/c1-2-3-4-5-8-14-11-12-16-15-9-6-7-10-17(15)19(24,18(16)13-14)20(21,22)23/h3,6-7,9-13,24H,1,4-5,8H2. The van der Waals surface area contributed by atoms with Crippen molar-refractivity contribution in [2.45, 2.75) is 31.0 Å². The molecule has 0 saturated carbocycles. The first-order valence-electron chi connectivity index (χ1n) is 7.76. The summed E-state index contributed by atoms with van der Waals surface area (Å²) in [5, 5.41) is 10.6. The van der Waals surface area contributed by atoms with Crippen LogP contribution in [0.4, 0.5) is 13.2 Å². The van der Waals surface area contributed by atoms with Gasteiger partial charge in [-0.3, -0.25) is 0 Å². The molecule has 0 aliphatic heterocycles. The Labute approximate surface area is 138 Å². The fraction of sp³-hybridized carbons (Fsp3) is 0.250. The van der Waals surface area contributed by atoms with Gasteiger partial charge in [0.05, 0.1) is 0 Å². The van der Waals surface area contributed by atoms with Gasteiger partial charge in [0.15, 0.2) is 0 Å². The molecule has 1 atom stereocenters. The van der Waals surface area contributed by atoms with Crippen molar-refractivity contribution >= 4 is 0 Å². The molecule has 1 aliphatic carbocycles. The van der Waals surface area contributed by atoms with Crippen molar-refractivity contribution in [2.24, 2.45) is 0 Å². The summed E-state index contributed by atoms with van der Waals surface area (Å²) < 4.78 is 41.1. The van der Waals surface area contributed by atoms with Crippen molar-refractivity contribution in [1.29, 1.82) is 0 Å². The Balaban J connectivity index is 2.07. The van der Waals surface area contributed by atoms with Crippen molar-refractivity contribution in [3.8, 4) is 11.1 Å². The topological polar surface area (TPSA) is 20.2 Å². The van der Waals surface area contributed by atoms with Crippen LogP contribution >= 0.6 is 0 Å². The molecule has 1 nitrogen and oxygen atoms in total. The number of unbranched alkanes of at least 4 members (excludes halogenated alkanes) is 1. The maximum Gasteiger partial charge on any atom is 0.425 e. The smallest absolute Gasteiger partial charge is 0.372 e. The highest BCUT2D eigenvalue weighted by Gasteiger charge is 2.60. The highest BCUT2D eigenvalue weighted by Crippen LogP contribution is 2.54. The first-order valence-corrected chi connectivity index (χ1v) is 7.76. The van der Waals surface area contributed by atoms with E-state index in [0.29, 0.717) is 17.5 Å². The van der Waals surface area contributed by atoms with E-state index in [2.05, 4.69) is 12.3 Å². The van der Waals surface area contributed by atoms with E-state index in [4.69, 9.17) is 0 Å². The lowest BCUT2D eigenvalue weighted by Crippen LogP contribution is -2.41. The van der Waals surface area contributed by atoms with E-state index in [1.165, 1.54) is 18.2 Å². The first-order chi connectivity index (χ1) is 11.4. The number of hydrogen-bond donors (Lipinski definition) is 1. The van der Waals surface area contributed by atoms with E-state index in [-0.39, 0.29) is 11.1 Å². The molecule has 3 rings (SSSR count). The molecule has 124 valence electrons. The van der Waals surface area contributed by atoms with Crippen molar-refractivity contribution in [2.75, 3.05) is 0 Å². The van der Waals surface area contributed by atoms with Crippen LogP contribution in [0.25, 0.3) is 11.1 Å². The highest BCUT2D eigenvalue weighted by molar-refractivity contribution is 5.80. The first kappa shape index (κ1) is 16.6. The summed E-state index contributed by atoms with van der Waals surface area (Å²) >= 11 is 0. The second-order valence-electron chi connectivity index (χ2n) is 5.93. The number of aliphatic hydroxyl groups is 1. The third-order valence-electron chi connectivity index (χ3n) is 4.45. The Kier molecular flexibility index (Phi) is 4.12. The molecule has 0 bridgehead atoms. The number of fused-ring (bicyclic) bond motifs is 3. The van der Waals surface area contributed by atoms with Gasteiger partial charge in [0.2, 0.25) is 5.60 Å². The normalized spacial score (nSPS) is 18.7. The largest absolute Gasteiger partial charge is 0.425 e. The molecular formula is C20H17F3O. The summed E-state index contributed by atoms with van der Waals surface area (Å²) in [5.41, 5.74) is 1.22. The molecule has 0 aromatic heterocycles. The average molecular weight is 330 g/mol. The second-order valence-corrected chi connectivity index (χ2v) is 5.93. The predicted octanol–water partition coefficient (Wildman–Crippen LogP) is 5.13.